The number of halogens is 6. The summed E-state index contributed by atoms with van der Waals surface area (Å²) in [7, 11) is -6.28. The van der Waals surface area contributed by atoms with Crippen molar-refractivity contribution in [3.63, 3.8) is 0 Å². The molecule has 1 atom stereocenters. The van der Waals surface area contributed by atoms with Crippen LogP contribution >= 0.6 is 15.9 Å². The fraction of sp³-hybridized carbons (Fsp3) is 0.273. The summed E-state index contributed by atoms with van der Waals surface area (Å²) in [6.07, 6.45) is 0. The van der Waals surface area contributed by atoms with Crippen LogP contribution in [0.3, 0.4) is 0 Å². The van der Waals surface area contributed by atoms with Gasteiger partial charge in [-0.3, -0.25) is 9.35 Å². The maximum atomic E-state index is 13.7. The first-order valence-corrected chi connectivity index (χ1v) is 8.16. The van der Waals surface area contributed by atoms with Crippen molar-refractivity contribution in [2.45, 2.75) is 17.0 Å². The van der Waals surface area contributed by atoms with Gasteiger partial charge in [0.15, 0.2) is 11.6 Å². The average Bonchev–Trinajstić information content (AvgIpc) is 2.47. The molecule has 1 N–H and O–H groups in total. The molecule has 0 aliphatic heterocycles. The zero-order valence-corrected chi connectivity index (χ0v) is 14.1. The van der Waals surface area contributed by atoms with Crippen LogP contribution in [-0.4, -0.2) is 35.0 Å². The van der Waals surface area contributed by atoms with Crippen LogP contribution in [0, 0.1) is 17.5 Å². The molecule has 1 rings (SSSR count). The van der Waals surface area contributed by atoms with Crippen molar-refractivity contribution in [1.29, 1.82) is 0 Å². The van der Waals surface area contributed by atoms with E-state index in [1.54, 1.807) is 0 Å². The van der Waals surface area contributed by atoms with Gasteiger partial charge in [0.1, 0.15) is 4.83 Å². The number of alkyl halides is 3. The molecule has 0 bridgehead atoms. The third-order valence-corrected chi connectivity index (χ3v) is 3.56. The van der Waals surface area contributed by atoms with Crippen LogP contribution in [0.5, 0.6) is 11.5 Å². The Morgan fingerprint density at radius 1 is 1.20 bits per heavy atom. The van der Waals surface area contributed by atoms with Crippen molar-refractivity contribution < 1.29 is 54.0 Å². The van der Waals surface area contributed by atoms with E-state index in [0.717, 1.165) is 0 Å². The van der Waals surface area contributed by atoms with Gasteiger partial charge in [0.2, 0.25) is 17.4 Å². The molecule has 0 aromatic heterocycles. The van der Waals surface area contributed by atoms with Crippen molar-refractivity contribution in [2.75, 3.05) is 0 Å². The predicted molar refractivity (Wildman–Crippen MR) is 72.5 cm³/mol. The number of carbonyl (C=O) groups excluding carboxylic acids is 2. The summed E-state index contributed by atoms with van der Waals surface area (Å²) in [5.74, 6) is -13.8. The highest BCUT2D eigenvalue weighted by molar-refractivity contribution is 9.10. The Labute approximate surface area is 144 Å². The molecule has 1 aromatic rings. The Balaban J connectivity index is 3.25. The van der Waals surface area contributed by atoms with E-state index in [1.165, 1.54) is 6.92 Å². The second kappa shape index (κ2) is 7.21. The van der Waals surface area contributed by atoms with Crippen LogP contribution < -0.4 is 9.47 Å². The molecule has 1 unspecified atom stereocenters. The molecule has 0 heterocycles. The maximum absolute atomic E-state index is 13.7. The Hall–Kier alpha value is -1.80. The molecule has 0 saturated carbocycles. The van der Waals surface area contributed by atoms with E-state index in [1.807, 2.05) is 0 Å². The van der Waals surface area contributed by atoms with Crippen LogP contribution in [0.15, 0.2) is 6.07 Å². The van der Waals surface area contributed by atoms with Gasteiger partial charge in [0.05, 0.1) is 0 Å². The third kappa shape index (κ3) is 4.43. The average molecular weight is 457 g/mol. The highest BCUT2D eigenvalue weighted by Gasteiger charge is 2.54. The minimum Gasteiger partial charge on any atom is -0.419 e. The molecule has 0 amide bonds. The van der Waals surface area contributed by atoms with Gasteiger partial charge in [-0.15, -0.1) is 0 Å². The molecule has 14 heteroatoms. The maximum Gasteiger partial charge on any atom is 0.466 e. The smallest absolute Gasteiger partial charge is 0.419 e. The second-order valence-electron chi connectivity index (χ2n) is 4.23. The fourth-order valence-electron chi connectivity index (χ4n) is 1.17. The molecule has 0 saturated heterocycles. The van der Waals surface area contributed by atoms with Gasteiger partial charge < -0.3 is 9.47 Å². The van der Waals surface area contributed by atoms with Crippen molar-refractivity contribution >= 4 is 38.0 Å². The Bertz CT molecular complexity index is 825. The molecule has 0 radical (unpaired) electrons. The lowest BCUT2D eigenvalue weighted by atomic mass is 10.2. The molecular weight excluding hydrogens is 451 g/mol. The largest absolute Gasteiger partial charge is 0.466 e. The van der Waals surface area contributed by atoms with Crippen LogP contribution in [0.2, 0.25) is 0 Å². The number of esters is 2. The molecule has 0 fully saturated rings. The summed E-state index contributed by atoms with van der Waals surface area (Å²) in [6.45, 7) is 1.21. The third-order valence-electron chi connectivity index (χ3n) is 2.37. The van der Waals surface area contributed by atoms with Gasteiger partial charge in [-0.1, -0.05) is 15.9 Å². The summed E-state index contributed by atoms with van der Waals surface area (Å²) in [5, 5.41) is -5.52. The molecular formula is C11H6BrF5O7S. The van der Waals surface area contributed by atoms with Crippen molar-refractivity contribution in [3.05, 3.63) is 23.5 Å². The SMILES string of the molecule is CC(Br)C(=O)Oc1c(F)cc(OC(=O)C(F)(F)S(=O)(=O)O)c(F)c1F. The van der Waals surface area contributed by atoms with Gasteiger partial charge in [0, 0.05) is 6.07 Å². The van der Waals surface area contributed by atoms with E-state index in [0.29, 0.717) is 0 Å². The van der Waals surface area contributed by atoms with E-state index >= 15 is 0 Å². The van der Waals surface area contributed by atoms with Gasteiger partial charge >= 0.3 is 27.3 Å². The zero-order chi connectivity index (χ0) is 19.7. The van der Waals surface area contributed by atoms with Gasteiger partial charge in [-0.25, -0.2) is 9.18 Å². The summed E-state index contributed by atoms with van der Waals surface area (Å²) in [5.41, 5.74) is 0. The first kappa shape index (κ1) is 21.2. The summed E-state index contributed by atoms with van der Waals surface area (Å²) in [6, 6.07) is -0.141. The highest BCUT2D eigenvalue weighted by atomic mass is 79.9. The first-order valence-electron chi connectivity index (χ1n) is 5.80. The number of ether oxygens (including phenoxy) is 2. The zero-order valence-electron chi connectivity index (χ0n) is 11.7. The lowest BCUT2D eigenvalue weighted by molar-refractivity contribution is -0.151. The van der Waals surface area contributed by atoms with Crippen molar-refractivity contribution in [3.8, 4) is 11.5 Å². The van der Waals surface area contributed by atoms with Crippen LogP contribution in [0.25, 0.3) is 0 Å². The molecule has 1 aromatic carbocycles. The standard InChI is InChI=1S/C11H6BrF5O7S/c1-3(12)9(18)24-8-4(13)2-5(6(14)7(8)15)23-10(19)11(16,17)25(20,21)22/h2-3H,1H3,(H,20,21,22). The fourth-order valence-corrected chi connectivity index (χ4v) is 1.52. The van der Waals surface area contributed by atoms with Crippen LogP contribution in [0.1, 0.15) is 6.92 Å². The van der Waals surface area contributed by atoms with E-state index < -0.39 is 61.1 Å². The van der Waals surface area contributed by atoms with E-state index in [9.17, 15) is 40.0 Å². The monoisotopic (exact) mass is 456 g/mol. The number of benzene rings is 1. The van der Waals surface area contributed by atoms with Crippen LogP contribution in [0.4, 0.5) is 22.0 Å². The molecule has 7 nitrogen and oxygen atoms in total. The topological polar surface area (TPSA) is 107 Å². The number of carbonyl (C=O) groups is 2. The summed E-state index contributed by atoms with van der Waals surface area (Å²) < 4.78 is 104. The molecule has 0 spiro atoms. The lowest BCUT2D eigenvalue weighted by Crippen LogP contribution is -2.40. The van der Waals surface area contributed by atoms with Gasteiger partial charge in [-0.05, 0) is 6.92 Å². The van der Waals surface area contributed by atoms with Crippen molar-refractivity contribution in [1.82, 2.24) is 0 Å². The Morgan fingerprint density at radius 2 is 1.72 bits per heavy atom. The number of hydrogen-bond donors (Lipinski definition) is 1. The molecule has 140 valence electrons. The van der Waals surface area contributed by atoms with Crippen LogP contribution in [-0.2, 0) is 19.7 Å². The number of rotatable bonds is 5. The predicted octanol–water partition coefficient (Wildman–Crippen LogP) is 2.18. The Morgan fingerprint density at radius 3 is 2.16 bits per heavy atom. The van der Waals surface area contributed by atoms with Gasteiger partial charge in [-0.2, -0.15) is 26.0 Å². The molecule has 0 aliphatic carbocycles. The minimum atomic E-state index is -6.28. The number of hydrogen-bond acceptors (Lipinski definition) is 6. The summed E-state index contributed by atoms with van der Waals surface area (Å²) in [4.78, 5) is 21.2. The second-order valence-corrected chi connectivity index (χ2v) is 7.07. The molecule has 25 heavy (non-hydrogen) atoms. The quantitative estimate of drug-likeness (QED) is 0.180. The molecule has 0 aliphatic rings. The normalized spacial score (nSPS) is 13.3. The van der Waals surface area contributed by atoms with E-state index in [-0.39, 0.29) is 6.07 Å². The van der Waals surface area contributed by atoms with Gasteiger partial charge in [0.25, 0.3) is 0 Å². The van der Waals surface area contributed by atoms with E-state index in [4.69, 9.17) is 4.55 Å². The Kier molecular flexibility index (Phi) is 6.13. The van der Waals surface area contributed by atoms with Crippen molar-refractivity contribution in [2.24, 2.45) is 0 Å². The summed E-state index contributed by atoms with van der Waals surface area (Å²) >= 11 is 2.71. The van der Waals surface area contributed by atoms with E-state index in [2.05, 4.69) is 25.4 Å². The highest BCUT2D eigenvalue weighted by Crippen LogP contribution is 2.33. The lowest BCUT2D eigenvalue weighted by Gasteiger charge is -2.14. The first-order chi connectivity index (χ1) is 11.2. The minimum absolute atomic E-state index is 0.141.